The molecule has 2 aromatic rings. The molecule has 2 unspecified atom stereocenters. The third-order valence-corrected chi connectivity index (χ3v) is 9.17. The van der Waals surface area contributed by atoms with E-state index in [4.69, 9.17) is 34.4 Å². The zero-order valence-electron chi connectivity index (χ0n) is 23.4. The fourth-order valence-corrected chi connectivity index (χ4v) is 6.95. The van der Waals surface area contributed by atoms with Gasteiger partial charge in [0.25, 0.3) is 0 Å². The van der Waals surface area contributed by atoms with Crippen LogP contribution >= 0.6 is 0 Å². The number of amides is 1. The molecule has 0 aromatic carbocycles. The average molecular weight is 553 g/mol. The number of nitrogens with zero attached hydrogens (tertiary/aromatic N) is 2. The Morgan fingerprint density at radius 3 is 2.33 bits per heavy atom. The maximum atomic E-state index is 12.2. The molecule has 4 fully saturated rings. The Labute approximate surface area is 235 Å². The average Bonchev–Trinajstić information content (AvgIpc) is 3.55. The number of carbonyl (C=O) groups excluding carboxylic acids is 1. The van der Waals surface area contributed by atoms with E-state index < -0.39 is 28.7 Å². The minimum absolute atomic E-state index is 0.111. The summed E-state index contributed by atoms with van der Waals surface area (Å²) in [7, 11) is 1.37. The van der Waals surface area contributed by atoms with Gasteiger partial charge in [0.15, 0.2) is 11.6 Å². The molecule has 2 aliphatic carbocycles. The van der Waals surface area contributed by atoms with Crippen molar-refractivity contribution in [3.63, 3.8) is 0 Å². The van der Waals surface area contributed by atoms with Crippen LogP contribution in [0, 0.1) is 0 Å². The highest BCUT2D eigenvalue weighted by atomic mass is 16.7. The summed E-state index contributed by atoms with van der Waals surface area (Å²) in [6, 6.07) is 9.81. The van der Waals surface area contributed by atoms with E-state index in [0.717, 1.165) is 42.6 Å². The molecule has 2 saturated carbocycles. The summed E-state index contributed by atoms with van der Waals surface area (Å²) < 4.78 is 30.0. The van der Waals surface area contributed by atoms with Crippen LogP contribution in [0.1, 0.15) is 75.2 Å². The molecule has 0 bridgehead atoms. The van der Waals surface area contributed by atoms with Gasteiger partial charge in [-0.05, 0) is 56.4 Å². The molecule has 2 aliphatic heterocycles. The lowest BCUT2D eigenvalue weighted by Gasteiger charge is -2.43. The van der Waals surface area contributed by atoms with Gasteiger partial charge in [-0.1, -0.05) is 12.1 Å². The van der Waals surface area contributed by atoms with Crippen molar-refractivity contribution in [2.24, 2.45) is 5.73 Å². The second-order valence-electron chi connectivity index (χ2n) is 11.9. The van der Waals surface area contributed by atoms with E-state index in [-0.39, 0.29) is 12.2 Å². The monoisotopic (exact) mass is 552 g/mol. The molecule has 2 spiro atoms. The summed E-state index contributed by atoms with van der Waals surface area (Å²) in [6.07, 6.45) is 9.30. The molecule has 40 heavy (non-hydrogen) atoms. The molecule has 2 atom stereocenters. The molecule has 2 saturated heterocycles. The predicted molar refractivity (Wildman–Crippen MR) is 145 cm³/mol. The molecule has 4 aliphatic rings. The van der Waals surface area contributed by atoms with Crippen LogP contribution in [0.5, 0.6) is 0 Å². The fourth-order valence-electron chi connectivity index (χ4n) is 6.95. The summed E-state index contributed by atoms with van der Waals surface area (Å²) >= 11 is 0. The number of ether oxygens (including phenoxy) is 5. The minimum atomic E-state index is -0.686. The van der Waals surface area contributed by atoms with Gasteiger partial charge in [-0.25, -0.2) is 4.79 Å². The normalized spacial score (nSPS) is 37.6. The van der Waals surface area contributed by atoms with Crippen molar-refractivity contribution in [2.45, 2.75) is 99.6 Å². The standard InChI is InChI=1S/C30H40N4O6/c1-21-19-37-29(39-21)12-8-27(31,9-13-29)25-22(6-5-17-33-25)18-23-20-38-30(40-23)14-10-28(11-15-30,34-26(35)36-2)24-7-3-4-16-32-24/h3-7,16-17,21,23H,8-15,18-20,31H2,1-2H3,(H,34,35). The van der Waals surface area contributed by atoms with E-state index in [1.54, 1.807) is 6.20 Å². The van der Waals surface area contributed by atoms with Gasteiger partial charge in [0.1, 0.15) is 0 Å². The van der Waals surface area contributed by atoms with Crippen LogP contribution in [0.15, 0.2) is 42.7 Å². The smallest absolute Gasteiger partial charge is 0.407 e. The molecular formula is C30H40N4O6. The van der Waals surface area contributed by atoms with Gasteiger partial charge in [0.2, 0.25) is 0 Å². The number of hydrogen-bond donors (Lipinski definition) is 2. The SMILES string of the molecule is COC(=O)NC1(c2ccccn2)CCC2(CC1)OCC(Cc1cccnc1C1(N)CCC3(CC1)OCC(C)O3)O2. The number of nitrogens with two attached hydrogens (primary N) is 1. The Balaban J connectivity index is 1.12. The van der Waals surface area contributed by atoms with Crippen molar-refractivity contribution in [3.05, 3.63) is 59.7 Å². The molecule has 2 aromatic heterocycles. The van der Waals surface area contributed by atoms with Crippen molar-refractivity contribution in [3.8, 4) is 0 Å². The number of methoxy groups -OCH3 is 1. The largest absolute Gasteiger partial charge is 0.453 e. The topological polar surface area (TPSA) is 127 Å². The van der Waals surface area contributed by atoms with Crippen molar-refractivity contribution in [1.82, 2.24) is 15.3 Å². The first-order valence-corrected chi connectivity index (χ1v) is 14.4. The lowest BCUT2D eigenvalue weighted by molar-refractivity contribution is -0.196. The second-order valence-corrected chi connectivity index (χ2v) is 11.9. The minimum Gasteiger partial charge on any atom is -0.453 e. The first-order chi connectivity index (χ1) is 19.3. The van der Waals surface area contributed by atoms with E-state index in [2.05, 4.69) is 16.4 Å². The Hall–Kier alpha value is -2.63. The number of pyridine rings is 2. The van der Waals surface area contributed by atoms with Crippen LogP contribution in [0.3, 0.4) is 0 Å². The summed E-state index contributed by atoms with van der Waals surface area (Å²) in [4.78, 5) is 21.6. The van der Waals surface area contributed by atoms with Gasteiger partial charge >= 0.3 is 6.09 Å². The predicted octanol–water partition coefficient (Wildman–Crippen LogP) is 3.82. The van der Waals surface area contributed by atoms with Crippen LogP contribution in [0.2, 0.25) is 0 Å². The van der Waals surface area contributed by atoms with Gasteiger partial charge in [0, 0.05) is 44.5 Å². The van der Waals surface area contributed by atoms with E-state index in [1.165, 1.54) is 7.11 Å². The fraction of sp³-hybridized carbons (Fsp3) is 0.633. The molecule has 0 radical (unpaired) electrons. The summed E-state index contributed by atoms with van der Waals surface area (Å²) in [5.41, 5.74) is 8.69. The summed E-state index contributed by atoms with van der Waals surface area (Å²) in [5, 5.41) is 3.05. The van der Waals surface area contributed by atoms with Gasteiger partial charge in [-0.2, -0.15) is 0 Å². The number of alkyl carbamates (subject to hydrolysis) is 1. The lowest BCUT2D eigenvalue weighted by atomic mass is 9.75. The highest BCUT2D eigenvalue weighted by molar-refractivity contribution is 5.68. The van der Waals surface area contributed by atoms with Gasteiger partial charge < -0.3 is 34.7 Å². The van der Waals surface area contributed by atoms with E-state index in [9.17, 15) is 4.79 Å². The van der Waals surface area contributed by atoms with Crippen molar-refractivity contribution < 1.29 is 28.5 Å². The number of hydrogen-bond acceptors (Lipinski definition) is 9. The van der Waals surface area contributed by atoms with Gasteiger partial charge in [-0.15, -0.1) is 0 Å². The molecule has 10 heteroatoms. The Bertz CT molecular complexity index is 1190. The zero-order valence-corrected chi connectivity index (χ0v) is 23.4. The Kier molecular flexibility index (Phi) is 7.33. The number of aromatic nitrogens is 2. The number of carbonyl (C=O) groups is 1. The molecule has 4 heterocycles. The highest BCUT2D eigenvalue weighted by Crippen LogP contribution is 2.47. The Morgan fingerprint density at radius 1 is 0.950 bits per heavy atom. The molecule has 216 valence electrons. The van der Waals surface area contributed by atoms with Crippen LogP contribution < -0.4 is 11.1 Å². The third-order valence-electron chi connectivity index (χ3n) is 9.17. The quantitative estimate of drug-likeness (QED) is 0.569. The van der Waals surface area contributed by atoms with Crippen LogP contribution in [0.4, 0.5) is 4.79 Å². The summed E-state index contributed by atoms with van der Waals surface area (Å²) in [6.45, 7) is 3.18. The Morgan fingerprint density at radius 2 is 1.65 bits per heavy atom. The third kappa shape index (κ3) is 5.23. The molecule has 10 nitrogen and oxygen atoms in total. The molecule has 1 amide bonds. The maximum Gasteiger partial charge on any atom is 0.407 e. The lowest BCUT2D eigenvalue weighted by Crippen LogP contribution is -2.52. The van der Waals surface area contributed by atoms with Crippen LogP contribution in [0.25, 0.3) is 0 Å². The van der Waals surface area contributed by atoms with Crippen LogP contribution in [-0.2, 0) is 41.2 Å². The van der Waals surface area contributed by atoms with Crippen LogP contribution in [-0.4, -0.2) is 60.2 Å². The first-order valence-electron chi connectivity index (χ1n) is 14.4. The van der Waals surface area contributed by atoms with Crippen molar-refractivity contribution >= 4 is 6.09 Å². The van der Waals surface area contributed by atoms with Gasteiger partial charge in [0.05, 0.1) is 55.0 Å². The first kappa shape index (κ1) is 27.5. The van der Waals surface area contributed by atoms with Crippen molar-refractivity contribution in [2.75, 3.05) is 20.3 Å². The highest BCUT2D eigenvalue weighted by Gasteiger charge is 2.51. The maximum absolute atomic E-state index is 12.2. The molecule has 6 rings (SSSR count). The van der Waals surface area contributed by atoms with E-state index in [0.29, 0.717) is 45.3 Å². The van der Waals surface area contributed by atoms with E-state index >= 15 is 0 Å². The molecule has 3 N–H and O–H groups in total. The number of rotatable bonds is 5. The zero-order chi connectivity index (χ0) is 27.8. The van der Waals surface area contributed by atoms with Gasteiger partial charge in [-0.3, -0.25) is 9.97 Å². The second kappa shape index (κ2) is 10.6. The summed E-state index contributed by atoms with van der Waals surface area (Å²) in [5.74, 6) is -1.19. The molecular weight excluding hydrogens is 512 g/mol. The van der Waals surface area contributed by atoms with E-state index in [1.807, 2.05) is 37.4 Å². The van der Waals surface area contributed by atoms with Crippen molar-refractivity contribution in [1.29, 1.82) is 0 Å². The number of nitrogens with one attached hydrogen (secondary N) is 1.